The number of anilines is 1. The highest BCUT2D eigenvalue weighted by atomic mass is 32.2. The van der Waals surface area contributed by atoms with Gasteiger partial charge in [0.25, 0.3) is 15.6 Å². The van der Waals surface area contributed by atoms with E-state index in [9.17, 15) is 21.6 Å². The molecule has 0 amide bonds. The van der Waals surface area contributed by atoms with E-state index >= 15 is 0 Å². The molecule has 4 aromatic heterocycles. The molecule has 12 nitrogen and oxygen atoms in total. The van der Waals surface area contributed by atoms with Crippen molar-refractivity contribution in [3.8, 4) is 11.4 Å². The van der Waals surface area contributed by atoms with Crippen molar-refractivity contribution in [1.82, 2.24) is 28.7 Å². The van der Waals surface area contributed by atoms with Crippen molar-refractivity contribution in [1.29, 1.82) is 0 Å². The summed E-state index contributed by atoms with van der Waals surface area (Å²) >= 11 is 0. The summed E-state index contributed by atoms with van der Waals surface area (Å²) in [5.74, 6) is 0.529. The second-order valence-electron chi connectivity index (χ2n) is 11.3. The van der Waals surface area contributed by atoms with E-state index < -0.39 is 19.9 Å². The highest BCUT2D eigenvalue weighted by Gasteiger charge is 2.38. The van der Waals surface area contributed by atoms with Gasteiger partial charge >= 0.3 is 0 Å². The van der Waals surface area contributed by atoms with Gasteiger partial charge < -0.3 is 9.47 Å². The Morgan fingerprint density at radius 1 is 1.02 bits per heavy atom. The minimum absolute atomic E-state index is 0.0349. The fourth-order valence-electron chi connectivity index (χ4n) is 5.35. The number of hydrogen-bond acceptors (Lipinski definition) is 10. The Balaban J connectivity index is 1.29. The molecule has 5 heterocycles. The third kappa shape index (κ3) is 5.49. The zero-order valence-corrected chi connectivity index (χ0v) is 24.6. The van der Waals surface area contributed by atoms with Gasteiger partial charge in [-0.25, -0.2) is 26.8 Å². The van der Waals surface area contributed by atoms with Crippen LogP contribution in [0.3, 0.4) is 0 Å². The van der Waals surface area contributed by atoms with Gasteiger partial charge in [-0.05, 0) is 38.8 Å². The molecule has 1 saturated heterocycles. The van der Waals surface area contributed by atoms with E-state index in [1.807, 2.05) is 24.8 Å². The molecule has 0 N–H and O–H groups in total. The maximum absolute atomic E-state index is 13.2. The zero-order chi connectivity index (χ0) is 29.1. The Morgan fingerprint density at radius 2 is 1.78 bits per heavy atom. The van der Waals surface area contributed by atoms with Crippen LogP contribution in [0.2, 0.25) is 0 Å². The van der Waals surface area contributed by atoms with Crippen LogP contribution in [0.25, 0.3) is 22.3 Å². The molecule has 0 bridgehead atoms. The minimum Gasteiger partial charge on any atom is -0.370 e. The van der Waals surface area contributed by atoms with Crippen molar-refractivity contribution in [3.05, 3.63) is 64.7 Å². The zero-order valence-electron chi connectivity index (χ0n) is 23.0. The lowest BCUT2D eigenvalue weighted by atomic mass is 10.00. The molecule has 0 radical (unpaired) electrons. The monoisotopic (exact) mass is 597 g/mol. The summed E-state index contributed by atoms with van der Waals surface area (Å²) in [5.41, 5.74) is 3.27. The molecule has 4 aromatic rings. The normalized spacial score (nSPS) is 16.4. The van der Waals surface area contributed by atoms with Crippen LogP contribution in [0.5, 0.6) is 0 Å². The van der Waals surface area contributed by atoms with Crippen LogP contribution < -0.4 is 10.5 Å². The van der Waals surface area contributed by atoms with Gasteiger partial charge in [0, 0.05) is 67.3 Å². The van der Waals surface area contributed by atoms with E-state index in [0.29, 0.717) is 55.1 Å². The molecule has 41 heavy (non-hydrogen) atoms. The fraction of sp³-hybridized carbons (Fsp3) is 0.444. The summed E-state index contributed by atoms with van der Waals surface area (Å²) in [6.07, 6.45) is 9.18. The molecule has 14 heteroatoms. The summed E-state index contributed by atoms with van der Waals surface area (Å²) in [6, 6.07) is 5.20. The highest BCUT2D eigenvalue weighted by molar-refractivity contribution is 7.90. The summed E-state index contributed by atoms with van der Waals surface area (Å²) in [5, 5.41) is 4.49. The minimum atomic E-state index is -3.48. The number of nitrogens with zero attached hydrogens (tertiary/aromatic N) is 7. The molecule has 0 unspecified atom stereocenters. The summed E-state index contributed by atoms with van der Waals surface area (Å²) in [4.78, 5) is 28.8. The van der Waals surface area contributed by atoms with Gasteiger partial charge in [0.05, 0.1) is 45.9 Å². The molecule has 1 saturated carbocycles. The number of sulfone groups is 1. The quantitative estimate of drug-likeness (QED) is 0.280. The largest absolute Gasteiger partial charge is 0.370 e. The van der Waals surface area contributed by atoms with Crippen molar-refractivity contribution in [3.63, 3.8) is 0 Å². The first-order chi connectivity index (χ1) is 19.4. The lowest BCUT2D eigenvalue weighted by Gasteiger charge is -2.41. The van der Waals surface area contributed by atoms with E-state index in [0.717, 1.165) is 20.7 Å². The van der Waals surface area contributed by atoms with E-state index in [-0.39, 0.29) is 28.5 Å². The topological polar surface area (TPSA) is 150 Å². The maximum atomic E-state index is 13.2. The molecule has 6 rings (SSSR count). The second kappa shape index (κ2) is 10.0. The van der Waals surface area contributed by atoms with E-state index in [2.05, 4.69) is 20.1 Å². The van der Waals surface area contributed by atoms with Crippen LogP contribution in [0.15, 0.2) is 47.8 Å². The number of rotatable bonds is 9. The molecule has 1 aliphatic carbocycles. The van der Waals surface area contributed by atoms with Gasteiger partial charge in [0.15, 0.2) is 5.82 Å². The van der Waals surface area contributed by atoms with Crippen LogP contribution in [-0.4, -0.2) is 75.9 Å². The lowest BCUT2D eigenvalue weighted by molar-refractivity contribution is 0.445. The Kier molecular flexibility index (Phi) is 6.72. The predicted molar refractivity (Wildman–Crippen MR) is 155 cm³/mol. The van der Waals surface area contributed by atoms with Gasteiger partial charge in [0.1, 0.15) is 9.84 Å². The Hall–Kier alpha value is -3.65. The van der Waals surface area contributed by atoms with Crippen molar-refractivity contribution in [2.75, 3.05) is 30.0 Å². The molecular weight excluding hydrogens is 566 g/mol. The highest BCUT2D eigenvalue weighted by Crippen LogP contribution is 2.33. The Labute approximate surface area is 238 Å². The smallest absolute Gasteiger partial charge is 0.256 e. The van der Waals surface area contributed by atoms with Crippen molar-refractivity contribution >= 4 is 36.5 Å². The summed E-state index contributed by atoms with van der Waals surface area (Å²) in [7, 11) is -6.55. The Morgan fingerprint density at radius 3 is 2.46 bits per heavy atom. The second-order valence-corrected chi connectivity index (χ2v) is 15.5. The first-order valence-corrected chi connectivity index (χ1v) is 17.0. The third-order valence-corrected chi connectivity index (χ3v) is 10.5. The molecule has 216 valence electrons. The molecule has 2 fully saturated rings. The lowest BCUT2D eigenvalue weighted by Crippen LogP contribution is -2.50. The average Bonchev–Trinajstić information content (AvgIpc) is 3.62. The van der Waals surface area contributed by atoms with E-state index in [4.69, 9.17) is 0 Å². The fourth-order valence-corrected chi connectivity index (χ4v) is 7.90. The van der Waals surface area contributed by atoms with Gasteiger partial charge in [-0.2, -0.15) is 9.19 Å². The van der Waals surface area contributed by atoms with E-state index in [1.165, 1.54) is 18.6 Å². The average molecular weight is 598 g/mol. The van der Waals surface area contributed by atoms with Gasteiger partial charge in [-0.1, -0.05) is 0 Å². The van der Waals surface area contributed by atoms with Crippen LogP contribution in [0, 0.1) is 5.92 Å². The van der Waals surface area contributed by atoms with Crippen molar-refractivity contribution < 1.29 is 16.8 Å². The number of hydrogen-bond donors (Lipinski definition) is 0. The standard InChI is InChI=1S/C27H31N7O5S2/c1-17(2)34-25-9-21(29-12-23(25)24(10-26(34)35)32-13-18(14-32)16-40(3,36)37)8-20-6-7-28-27(31-20)19-11-30-33(15-19)41(38,39)22-4-5-22/h6-7,9-12,15,17-18,22H,4-5,8,13-14,16H2,1-3H3. The number of pyridine rings is 2. The number of aromatic nitrogens is 6. The molecule has 2 aliphatic rings. The molecule has 0 spiro atoms. The van der Waals surface area contributed by atoms with Crippen LogP contribution in [-0.2, 0) is 26.3 Å². The van der Waals surface area contributed by atoms with Gasteiger partial charge in [0.2, 0.25) is 0 Å². The maximum Gasteiger partial charge on any atom is 0.256 e. The molecule has 0 aromatic carbocycles. The van der Waals surface area contributed by atoms with E-state index in [1.54, 1.807) is 29.1 Å². The van der Waals surface area contributed by atoms with Crippen molar-refractivity contribution in [2.45, 2.75) is 44.4 Å². The molecular formula is C27H31N7O5S2. The first-order valence-electron chi connectivity index (χ1n) is 13.5. The van der Waals surface area contributed by atoms with Crippen LogP contribution in [0.4, 0.5) is 5.69 Å². The van der Waals surface area contributed by atoms with Crippen LogP contribution in [0.1, 0.15) is 44.1 Å². The van der Waals surface area contributed by atoms with Crippen molar-refractivity contribution in [2.24, 2.45) is 5.92 Å². The SMILES string of the molecule is CC(C)n1c(=O)cc(N2CC(CS(C)(=O)=O)C2)c2cnc(Cc3ccnc(-c4cnn(S(=O)(=O)C5CC5)c4)n3)cc21. The summed E-state index contributed by atoms with van der Waals surface area (Å²) in [6.45, 7) is 5.04. The van der Waals surface area contributed by atoms with Gasteiger partial charge in [-0.15, -0.1) is 0 Å². The first kappa shape index (κ1) is 27.5. The molecule has 0 atom stereocenters. The summed E-state index contributed by atoms with van der Waals surface area (Å²) < 4.78 is 51.2. The van der Waals surface area contributed by atoms with Crippen LogP contribution >= 0.6 is 0 Å². The molecule has 1 aliphatic heterocycles. The third-order valence-electron chi connectivity index (χ3n) is 7.42. The number of fused-ring (bicyclic) bond motifs is 1. The Bertz CT molecular complexity index is 1920. The van der Waals surface area contributed by atoms with Gasteiger partial charge in [-0.3, -0.25) is 9.78 Å². The predicted octanol–water partition coefficient (Wildman–Crippen LogP) is 2.04.